The zero-order chi connectivity index (χ0) is 59.6. The lowest BCUT2D eigenvalue weighted by Gasteiger charge is -2.32. The van der Waals surface area contributed by atoms with E-state index in [2.05, 4.69) is 21.3 Å². The van der Waals surface area contributed by atoms with Crippen molar-refractivity contribution in [2.45, 2.75) is 77.8 Å². The van der Waals surface area contributed by atoms with E-state index in [1.165, 1.54) is 42.7 Å². The van der Waals surface area contributed by atoms with Crippen LogP contribution in [0.5, 0.6) is 34.5 Å². The molecule has 84 heavy (non-hydrogen) atoms. The van der Waals surface area contributed by atoms with Crippen LogP contribution in [0.15, 0.2) is 97.1 Å². The highest BCUT2D eigenvalue weighted by molar-refractivity contribution is 6.30. The van der Waals surface area contributed by atoms with Gasteiger partial charge in [-0.3, -0.25) is 28.8 Å². The molecule has 2 heterocycles. The van der Waals surface area contributed by atoms with Crippen molar-refractivity contribution in [3.63, 3.8) is 0 Å². The van der Waals surface area contributed by atoms with Crippen LogP contribution in [-0.2, 0) is 61.7 Å². The smallest absolute Gasteiger partial charge is 0.252 e. The summed E-state index contributed by atoms with van der Waals surface area (Å²) in [4.78, 5) is 89.2. The molecule has 20 heteroatoms. The monoisotopic (exact) mass is 1180 g/mol. The van der Waals surface area contributed by atoms with Gasteiger partial charge in [-0.15, -0.1) is 0 Å². The molecule has 1 aliphatic carbocycles. The largest absolute Gasteiger partial charge is 0.493 e. The minimum Gasteiger partial charge on any atom is -0.493 e. The molecule has 0 radical (unpaired) electrons. The molecule has 0 unspecified atom stereocenters. The maximum Gasteiger partial charge on any atom is 0.252 e. The minimum atomic E-state index is -0.492. The van der Waals surface area contributed by atoms with Crippen LogP contribution in [0.4, 0.5) is 0 Å². The number of methoxy groups -OCH3 is 6. The van der Waals surface area contributed by atoms with Crippen LogP contribution in [-0.4, -0.2) is 101 Å². The van der Waals surface area contributed by atoms with E-state index >= 15 is 0 Å². The average Bonchev–Trinajstić information content (AvgIpc) is 3.45. The molecule has 0 saturated heterocycles. The summed E-state index contributed by atoms with van der Waals surface area (Å²) in [6, 6.07) is 28.4. The number of ether oxygens (including phenoxy) is 6. The van der Waals surface area contributed by atoms with Crippen LogP contribution in [0.1, 0.15) is 112 Å². The fraction of sp³-hybridized carbons (Fsp3) is 0.344. The van der Waals surface area contributed by atoms with Gasteiger partial charge in [-0.05, 0) is 149 Å². The van der Waals surface area contributed by atoms with Crippen molar-refractivity contribution in [3.05, 3.63) is 174 Å². The third-order valence-electron chi connectivity index (χ3n) is 15.7. The van der Waals surface area contributed by atoms with Gasteiger partial charge in [0, 0.05) is 74.2 Å². The second-order valence-corrected chi connectivity index (χ2v) is 21.9. The van der Waals surface area contributed by atoms with Crippen LogP contribution >= 0.6 is 23.2 Å². The Morgan fingerprint density at radius 1 is 0.429 bits per heavy atom. The number of carbonyl (C=O) groups excluding carboxylic acids is 6. The molecule has 4 N–H and O–H groups in total. The van der Waals surface area contributed by atoms with E-state index in [0.29, 0.717) is 107 Å². The van der Waals surface area contributed by atoms with Crippen molar-refractivity contribution in [1.29, 1.82) is 0 Å². The standard InChI is InChI=1S/C64H68Cl2N6O12/c1-79-53-22-39(23-54(80-2)57(53)83-5)31-69-61(75)51-29-45-35-71(33-43(45)27-49(51)59(73)67-20-18-37-10-14-47(65)15-11-37)63(77)41-8-7-9-42(26-41)64(78)72-34-44-28-50(60(74)68-21-19-38-12-16-48(66)17-13-38)52(30-46(44)36-72)62(76)70-32-40-24-55(81-3)58(84-6)56(25-40)82-4/h10-17,22-25,27-30,41-42H,7-9,18-21,26,31-36H2,1-6H3,(H,67,73)(H,68,74)(H,69,75)(H,70,76)/t41-,42+. The molecular formula is C64H68Cl2N6O12. The number of carbonyl (C=O) groups is 6. The number of rotatable bonds is 22. The first kappa shape index (κ1) is 60.1. The van der Waals surface area contributed by atoms with Crippen LogP contribution < -0.4 is 49.7 Å². The van der Waals surface area contributed by atoms with Gasteiger partial charge in [-0.25, -0.2) is 0 Å². The molecule has 2 atom stereocenters. The predicted octanol–water partition coefficient (Wildman–Crippen LogP) is 9.04. The van der Waals surface area contributed by atoms with Gasteiger partial charge >= 0.3 is 0 Å². The van der Waals surface area contributed by atoms with Gasteiger partial charge in [0.05, 0.1) is 64.9 Å². The first-order chi connectivity index (χ1) is 40.6. The lowest BCUT2D eigenvalue weighted by atomic mass is 9.80. The molecule has 1 saturated carbocycles. The zero-order valence-electron chi connectivity index (χ0n) is 47.8. The lowest BCUT2D eigenvalue weighted by molar-refractivity contribution is -0.142. The highest BCUT2D eigenvalue weighted by atomic mass is 35.5. The molecule has 9 rings (SSSR count). The Bertz CT molecular complexity index is 3190. The van der Waals surface area contributed by atoms with Crippen LogP contribution in [0.2, 0.25) is 10.0 Å². The summed E-state index contributed by atoms with van der Waals surface area (Å²) in [6.07, 6.45) is 3.24. The summed E-state index contributed by atoms with van der Waals surface area (Å²) in [7, 11) is 9.04. The molecule has 0 bridgehead atoms. The number of hydrogen-bond acceptors (Lipinski definition) is 12. The summed E-state index contributed by atoms with van der Waals surface area (Å²) in [5, 5.41) is 13.1. The van der Waals surface area contributed by atoms with E-state index in [4.69, 9.17) is 51.6 Å². The van der Waals surface area contributed by atoms with E-state index in [0.717, 1.165) is 33.4 Å². The van der Waals surface area contributed by atoms with Crippen molar-refractivity contribution in [2.24, 2.45) is 11.8 Å². The molecule has 6 amide bonds. The van der Waals surface area contributed by atoms with E-state index < -0.39 is 35.5 Å². The zero-order valence-corrected chi connectivity index (χ0v) is 49.4. The number of nitrogens with one attached hydrogen (secondary N) is 4. The van der Waals surface area contributed by atoms with E-state index in [-0.39, 0.29) is 73.3 Å². The molecule has 1 fully saturated rings. The highest BCUT2D eigenvalue weighted by Crippen LogP contribution is 2.41. The summed E-state index contributed by atoms with van der Waals surface area (Å²) in [6.45, 7) is 1.60. The molecule has 2 aliphatic heterocycles. The number of benzene rings is 6. The second kappa shape index (κ2) is 27.3. The SMILES string of the molecule is COc1cc(CNC(=O)c2cc3c(cc2C(=O)NCCc2ccc(Cl)cc2)CN(C(=O)[C@@H]2CCC[C@H](C(=O)N4Cc5cc(C(=O)NCCc6ccc(Cl)cc6)c(C(=O)NCc6cc(OC)c(OC)c(OC)c6)cc5C4)C2)C3)cc(OC)c1OC. The summed E-state index contributed by atoms with van der Waals surface area (Å²) in [5.74, 6) is -0.494. The average molecular weight is 1180 g/mol. The highest BCUT2D eigenvalue weighted by Gasteiger charge is 2.39. The van der Waals surface area contributed by atoms with E-state index in [1.54, 1.807) is 82.6 Å². The Labute approximate surface area is 498 Å². The Kier molecular flexibility index (Phi) is 19.5. The quantitative estimate of drug-likeness (QED) is 0.0502. The number of fused-ring (bicyclic) bond motifs is 2. The maximum absolute atomic E-state index is 14.6. The number of halogens is 2. The number of amides is 6. The normalized spacial score (nSPS) is 15.0. The van der Waals surface area contributed by atoms with Crippen molar-refractivity contribution in [2.75, 3.05) is 55.7 Å². The molecule has 3 aliphatic rings. The first-order valence-electron chi connectivity index (χ1n) is 27.7. The molecule has 0 aromatic heterocycles. The van der Waals surface area contributed by atoms with Crippen LogP contribution in [0.3, 0.4) is 0 Å². The summed E-state index contributed by atoms with van der Waals surface area (Å²) < 4.78 is 33.0. The second-order valence-electron chi connectivity index (χ2n) is 21.0. The molecule has 18 nitrogen and oxygen atoms in total. The Morgan fingerprint density at radius 3 is 1.04 bits per heavy atom. The van der Waals surface area contributed by atoms with Crippen molar-refractivity contribution in [3.8, 4) is 34.5 Å². The Balaban J connectivity index is 0.887. The molecule has 440 valence electrons. The van der Waals surface area contributed by atoms with Gasteiger partial charge in [0.1, 0.15) is 0 Å². The number of nitrogens with zero attached hydrogens (tertiary/aromatic N) is 2. The van der Waals surface area contributed by atoms with Gasteiger partial charge in [0.15, 0.2) is 23.0 Å². The Morgan fingerprint density at radius 2 is 0.738 bits per heavy atom. The Hall–Kier alpha value is -8.48. The lowest BCUT2D eigenvalue weighted by Crippen LogP contribution is -2.39. The van der Waals surface area contributed by atoms with Crippen LogP contribution in [0, 0.1) is 11.8 Å². The molecular weight excluding hydrogens is 1120 g/mol. The van der Waals surface area contributed by atoms with Gasteiger partial charge in [-0.2, -0.15) is 0 Å². The maximum atomic E-state index is 14.6. The van der Waals surface area contributed by atoms with Gasteiger partial charge in [0.25, 0.3) is 23.6 Å². The van der Waals surface area contributed by atoms with Gasteiger partial charge < -0.3 is 59.5 Å². The fourth-order valence-electron chi connectivity index (χ4n) is 11.3. The fourth-order valence-corrected chi connectivity index (χ4v) is 11.5. The van der Waals surface area contributed by atoms with Crippen molar-refractivity contribution < 1.29 is 57.2 Å². The molecule has 6 aromatic rings. The van der Waals surface area contributed by atoms with Crippen molar-refractivity contribution in [1.82, 2.24) is 31.1 Å². The third kappa shape index (κ3) is 13.8. The predicted molar refractivity (Wildman–Crippen MR) is 316 cm³/mol. The third-order valence-corrected chi connectivity index (χ3v) is 16.2. The topological polar surface area (TPSA) is 212 Å². The molecule has 6 aromatic carbocycles. The van der Waals surface area contributed by atoms with E-state index in [9.17, 15) is 28.8 Å². The first-order valence-corrected chi connectivity index (χ1v) is 28.5. The van der Waals surface area contributed by atoms with Crippen molar-refractivity contribution >= 4 is 58.6 Å². The molecule has 0 spiro atoms. The van der Waals surface area contributed by atoms with Gasteiger partial charge in [-0.1, -0.05) is 53.9 Å². The summed E-state index contributed by atoms with van der Waals surface area (Å²) >= 11 is 12.2. The van der Waals surface area contributed by atoms with Crippen LogP contribution in [0.25, 0.3) is 0 Å². The van der Waals surface area contributed by atoms with Gasteiger partial charge in [0.2, 0.25) is 23.3 Å². The summed E-state index contributed by atoms with van der Waals surface area (Å²) in [5.41, 5.74) is 6.89. The number of hydrogen-bond donors (Lipinski definition) is 4. The van der Waals surface area contributed by atoms with E-state index in [1.807, 2.05) is 24.3 Å². The minimum absolute atomic E-state index is 0.0715.